The van der Waals surface area contributed by atoms with Crippen molar-refractivity contribution in [1.82, 2.24) is 9.97 Å². The Morgan fingerprint density at radius 3 is 2.61 bits per heavy atom. The van der Waals surface area contributed by atoms with E-state index in [4.69, 9.17) is 14.2 Å². The van der Waals surface area contributed by atoms with Crippen molar-refractivity contribution in [2.45, 2.75) is 25.5 Å². The van der Waals surface area contributed by atoms with Gasteiger partial charge in [0, 0.05) is 24.4 Å². The number of methoxy groups -OCH3 is 2. The molecule has 1 fully saturated rings. The third-order valence-corrected chi connectivity index (χ3v) is 5.58. The Kier molecular flexibility index (Phi) is 6.58. The van der Waals surface area contributed by atoms with Gasteiger partial charge < -0.3 is 24.2 Å². The highest BCUT2D eigenvalue weighted by molar-refractivity contribution is 5.88. The van der Waals surface area contributed by atoms with Crippen LogP contribution in [0, 0.1) is 5.82 Å². The van der Waals surface area contributed by atoms with Crippen LogP contribution in [0.1, 0.15) is 40.5 Å². The molecule has 0 aliphatic carbocycles. The summed E-state index contributed by atoms with van der Waals surface area (Å²) >= 11 is 0. The molecule has 1 atom stereocenters. The van der Waals surface area contributed by atoms with Crippen LogP contribution in [-0.4, -0.2) is 41.8 Å². The molecule has 1 aromatic heterocycles. The Hall–Kier alpha value is -3.88. The number of hydrogen-bond acceptors (Lipinski definition) is 7. The summed E-state index contributed by atoms with van der Waals surface area (Å²) in [6, 6.07) is 11.1. The van der Waals surface area contributed by atoms with Crippen molar-refractivity contribution in [3.05, 3.63) is 71.3 Å². The molecular formula is C24H24FN3O5. The Morgan fingerprint density at radius 1 is 1.15 bits per heavy atom. The van der Waals surface area contributed by atoms with E-state index in [1.807, 2.05) is 23.1 Å². The van der Waals surface area contributed by atoms with Gasteiger partial charge in [-0.05, 0) is 49.2 Å². The number of carbonyl (C=O) groups is 1. The Balaban J connectivity index is 1.63. The molecule has 0 unspecified atom stereocenters. The monoisotopic (exact) mass is 453 g/mol. The fourth-order valence-corrected chi connectivity index (χ4v) is 3.94. The molecule has 2 aromatic carbocycles. The first kappa shape index (κ1) is 22.3. The lowest BCUT2D eigenvalue weighted by molar-refractivity contribution is 0.0692. The largest absolute Gasteiger partial charge is 0.497 e. The van der Waals surface area contributed by atoms with Gasteiger partial charge in [0.1, 0.15) is 35.2 Å². The van der Waals surface area contributed by atoms with E-state index in [0.29, 0.717) is 29.7 Å². The number of nitrogens with zero attached hydrogens (tertiary/aromatic N) is 3. The number of halogens is 1. The highest BCUT2D eigenvalue weighted by Crippen LogP contribution is 2.40. The van der Waals surface area contributed by atoms with Gasteiger partial charge in [-0.2, -0.15) is 0 Å². The summed E-state index contributed by atoms with van der Waals surface area (Å²) < 4.78 is 29.7. The quantitative estimate of drug-likeness (QED) is 0.541. The lowest BCUT2D eigenvalue weighted by atomic mass is 10.0. The molecule has 33 heavy (non-hydrogen) atoms. The summed E-state index contributed by atoms with van der Waals surface area (Å²) in [6.45, 7) is 0.623. The first-order valence-corrected chi connectivity index (χ1v) is 10.5. The van der Waals surface area contributed by atoms with Gasteiger partial charge in [0.25, 0.3) is 0 Å². The molecule has 0 radical (unpaired) electrons. The minimum absolute atomic E-state index is 0.0348. The topological polar surface area (TPSA) is 94.0 Å². The number of anilines is 1. The van der Waals surface area contributed by atoms with Gasteiger partial charge in [0.15, 0.2) is 0 Å². The van der Waals surface area contributed by atoms with Gasteiger partial charge in [0.2, 0.25) is 5.95 Å². The van der Waals surface area contributed by atoms with Crippen molar-refractivity contribution in [3.8, 4) is 17.2 Å². The van der Waals surface area contributed by atoms with Gasteiger partial charge >= 0.3 is 5.97 Å². The van der Waals surface area contributed by atoms with Gasteiger partial charge in [-0.1, -0.05) is 0 Å². The van der Waals surface area contributed by atoms with Crippen molar-refractivity contribution in [2.24, 2.45) is 0 Å². The molecule has 1 aliphatic heterocycles. The molecular weight excluding hydrogens is 429 g/mol. The predicted octanol–water partition coefficient (Wildman–Crippen LogP) is 4.25. The normalized spacial score (nSPS) is 15.4. The number of hydrogen-bond donors (Lipinski definition) is 1. The summed E-state index contributed by atoms with van der Waals surface area (Å²) in [4.78, 5) is 22.6. The minimum Gasteiger partial charge on any atom is -0.497 e. The maximum atomic E-state index is 13.1. The van der Waals surface area contributed by atoms with Crippen molar-refractivity contribution in [2.75, 3.05) is 25.7 Å². The van der Waals surface area contributed by atoms with Gasteiger partial charge in [-0.25, -0.2) is 19.2 Å². The van der Waals surface area contributed by atoms with Crippen LogP contribution in [0.5, 0.6) is 17.2 Å². The number of ether oxygens (including phenoxy) is 3. The third kappa shape index (κ3) is 4.82. The zero-order valence-electron chi connectivity index (χ0n) is 18.3. The predicted molar refractivity (Wildman–Crippen MR) is 119 cm³/mol. The molecule has 0 bridgehead atoms. The van der Waals surface area contributed by atoms with Crippen molar-refractivity contribution >= 4 is 11.9 Å². The minimum atomic E-state index is -1.14. The average molecular weight is 453 g/mol. The summed E-state index contributed by atoms with van der Waals surface area (Å²) in [6.07, 6.45) is 3.09. The smallest absolute Gasteiger partial charge is 0.339 e. The fraction of sp³-hybridized carbons (Fsp3) is 0.292. The Labute approximate surface area is 190 Å². The summed E-state index contributed by atoms with van der Waals surface area (Å²) in [5.74, 6) is 0.699. The van der Waals surface area contributed by atoms with E-state index >= 15 is 0 Å². The number of carboxylic acid groups (broad SMARTS) is 1. The van der Waals surface area contributed by atoms with Crippen LogP contribution in [0.2, 0.25) is 0 Å². The summed E-state index contributed by atoms with van der Waals surface area (Å²) in [5, 5.41) is 9.58. The highest BCUT2D eigenvalue weighted by atomic mass is 19.1. The second kappa shape index (κ2) is 9.72. The van der Waals surface area contributed by atoms with Crippen LogP contribution in [-0.2, 0) is 6.61 Å². The van der Waals surface area contributed by atoms with Crippen LogP contribution >= 0.6 is 0 Å². The van der Waals surface area contributed by atoms with E-state index in [0.717, 1.165) is 18.4 Å². The third-order valence-electron chi connectivity index (χ3n) is 5.58. The molecule has 1 aliphatic rings. The lowest BCUT2D eigenvalue weighted by Crippen LogP contribution is -2.26. The molecule has 0 spiro atoms. The van der Waals surface area contributed by atoms with E-state index in [2.05, 4.69) is 9.97 Å². The van der Waals surface area contributed by atoms with Crippen LogP contribution in [0.15, 0.2) is 48.7 Å². The molecule has 0 saturated carbocycles. The summed E-state index contributed by atoms with van der Waals surface area (Å²) in [7, 11) is 3.21. The number of aromatic nitrogens is 2. The second-order valence-corrected chi connectivity index (χ2v) is 7.54. The Morgan fingerprint density at radius 2 is 1.91 bits per heavy atom. The van der Waals surface area contributed by atoms with E-state index in [1.165, 1.54) is 30.5 Å². The van der Waals surface area contributed by atoms with Gasteiger partial charge in [-0.3, -0.25) is 0 Å². The van der Waals surface area contributed by atoms with Crippen molar-refractivity contribution < 1.29 is 28.5 Å². The van der Waals surface area contributed by atoms with E-state index < -0.39 is 5.97 Å². The molecule has 4 rings (SSSR count). The van der Waals surface area contributed by atoms with Crippen LogP contribution in [0.3, 0.4) is 0 Å². The van der Waals surface area contributed by atoms with Gasteiger partial charge in [-0.15, -0.1) is 0 Å². The molecule has 1 N–H and O–H groups in total. The maximum Gasteiger partial charge on any atom is 0.339 e. The van der Waals surface area contributed by atoms with E-state index in [9.17, 15) is 14.3 Å². The Bertz CT molecular complexity index is 1140. The molecule has 3 aromatic rings. The molecule has 9 heteroatoms. The fourth-order valence-electron chi connectivity index (χ4n) is 3.94. The number of benzene rings is 2. The lowest BCUT2D eigenvalue weighted by Gasteiger charge is -2.27. The van der Waals surface area contributed by atoms with Crippen LogP contribution < -0.4 is 19.1 Å². The molecule has 0 amide bonds. The molecule has 2 heterocycles. The standard InChI is InChI=1S/C24H24FN3O5/c1-31-17-9-10-18(22(12-17)32-2)21-4-3-11-28(21)24-26-13-19(23(29)30)20(27-24)14-33-16-7-5-15(25)6-8-16/h5-10,12-13,21H,3-4,11,14H2,1-2H3,(H,29,30)/t21-/m0/s1. The van der Waals surface area contributed by atoms with E-state index in [1.54, 1.807) is 14.2 Å². The maximum absolute atomic E-state index is 13.1. The summed E-state index contributed by atoms with van der Waals surface area (Å²) in [5.41, 5.74) is 1.17. The molecule has 8 nitrogen and oxygen atoms in total. The molecule has 1 saturated heterocycles. The van der Waals surface area contributed by atoms with Crippen LogP contribution in [0.4, 0.5) is 10.3 Å². The zero-order valence-corrected chi connectivity index (χ0v) is 18.3. The number of aromatic carboxylic acids is 1. The SMILES string of the molecule is COc1ccc([C@@H]2CCCN2c2ncc(C(=O)O)c(COc3ccc(F)cc3)n2)c(OC)c1. The van der Waals surface area contributed by atoms with Crippen molar-refractivity contribution in [1.29, 1.82) is 0 Å². The first-order chi connectivity index (χ1) is 16.0. The highest BCUT2D eigenvalue weighted by Gasteiger charge is 2.31. The van der Waals surface area contributed by atoms with Crippen molar-refractivity contribution in [3.63, 3.8) is 0 Å². The zero-order chi connectivity index (χ0) is 23.4. The molecule has 172 valence electrons. The second-order valence-electron chi connectivity index (χ2n) is 7.54. The van der Waals surface area contributed by atoms with Gasteiger partial charge in [0.05, 0.1) is 26.0 Å². The van der Waals surface area contributed by atoms with E-state index in [-0.39, 0.29) is 29.7 Å². The average Bonchev–Trinajstić information content (AvgIpc) is 3.32. The number of carboxylic acids is 1. The van der Waals surface area contributed by atoms with Crippen LogP contribution in [0.25, 0.3) is 0 Å². The number of rotatable bonds is 8. The first-order valence-electron chi connectivity index (χ1n) is 10.5.